The molecule has 146 valence electrons. The van der Waals surface area contributed by atoms with Gasteiger partial charge in [0.05, 0.1) is 18.9 Å². The number of nitrogens with zero attached hydrogens (tertiary/aromatic N) is 2. The number of hydrogen-bond acceptors (Lipinski definition) is 6. The van der Waals surface area contributed by atoms with E-state index >= 15 is 0 Å². The Balaban J connectivity index is 1.79. The number of hydrogen-bond donors (Lipinski definition) is 2. The van der Waals surface area contributed by atoms with Gasteiger partial charge in [-0.25, -0.2) is 9.97 Å². The molecule has 3 aromatic rings. The van der Waals surface area contributed by atoms with Crippen LogP contribution in [0.1, 0.15) is 25.2 Å². The lowest BCUT2D eigenvalue weighted by atomic mass is 10.2. The molecule has 0 amide bonds. The van der Waals surface area contributed by atoms with Crippen molar-refractivity contribution in [2.24, 2.45) is 0 Å². The number of aryl methyl sites for hydroxylation is 2. The zero-order chi connectivity index (χ0) is 20.1. The van der Waals surface area contributed by atoms with Crippen LogP contribution in [0, 0.1) is 13.8 Å². The monoisotopic (exact) mass is 378 g/mol. The van der Waals surface area contributed by atoms with Crippen LogP contribution in [0.5, 0.6) is 11.5 Å². The Labute approximate surface area is 166 Å². The van der Waals surface area contributed by atoms with Gasteiger partial charge in [0.2, 0.25) is 0 Å². The molecule has 0 aliphatic carbocycles. The Hall–Kier alpha value is -3.28. The van der Waals surface area contributed by atoms with Crippen molar-refractivity contribution in [2.75, 3.05) is 17.7 Å². The van der Waals surface area contributed by atoms with Gasteiger partial charge in [0, 0.05) is 11.8 Å². The number of nitrogens with one attached hydrogen (secondary N) is 2. The van der Waals surface area contributed by atoms with Crippen LogP contribution < -0.4 is 20.1 Å². The quantitative estimate of drug-likeness (QED) is 0.575. The second-order valence-electron chi connectivity index (χ2n) is 6.83. The highest BCUT2D eigenvalue weighted by Gasteiger charge is 2.08. The summed E-state index contributed by atoms with van der Waals surface area (Å²) < 4.78 is 11.1. The molecule has 3 rings (SSSR count). The van der Waals surface area contributed by atoms with E-state index in [0.717, 1.165) is 28.4 Å². The second-order valence-corrected chi connectivity index (χ2v) is 6.83. The van der Waals surface area contributed by atoms with E-state index < -0.39 is 0 Å². The first-order chi connectivity index (χ1) is 13.4. The van der Waals surface area contributed by atoms with Crippen LogP contribution in [-0.2, 0) is 0 Å². The SMILES string of the molecule is COc1ccc(C)cc1Nc1cc(Nc2ccc(OC(C)C)cc2)nc(C)n1. The van der Waals surface area contributed by atoms with Gasteiger partial charge in [-0.2, -0.15) is 0 Å². The summed E-state index contributed by atoms with van der Waals surface area (Å²) in [5.74, 6) is 3.67. The molecule has 1 aromatic heterocycles. The third-order valence-electron chi connectivity index (χ3n) is 3.95. The first-order valence-corrected chi connectivity index (χ1v) is 9.24. The third-order valence-corrected chi connectivity index (χ3v) is 3.95. The number of benzene rings is 2. The van der Waals surface area contributed by atoms with Crippen molar-refractivity contribution >= 4 is 23.0 Å². The molecule has 2 aromatic carbocycles. The molecule has 0 atom stereocenters. The third kappa shape index (κ3) is 5.13. The van der Waals surface area contributed by atoms with Crippen LogP contribution in [0.3, 0.4) is 0 Å². The van der Waals surface area contributed by atoms with E-state index in [4.69, 9.17) is 9.47 Å². The molecule has 28 heavy (non-hydrogen) atoms. The van der Waals surface area contributed by atoms with Crippen molar-refractivity contribution in [2.45, 2.75) is 33.8 Å². The Morgan fingerprint density at radius 3 is 2.18 bits per heavy atom. The molecular weight excluding hydrogens is 352 g/mol. The van der Waals surface area contributed by atoms with Gasteiger partial charge in [0.1, 0.15) is 29.0 Å². The van der Waals surface area contributed by atoms with E-state index in [1.165, 1.54) is 0 Å². The van der Waals surface area contributed by atoms with E-state index in [0.29, 0.717) is 17.5 Å². The van der Waals surface area contributed by atoms with E-state index in [9.17, 15) is 0 Å². The predicted molar refractivity (Wildman–Crippen MR) is 113 cm³/mol. The van der Waals surface area contributed by atoms with Crippen LogP contribution >= 0.6 is 0 Å². The molecule has 2 N–H and O–H groups in total. The maximum absolute atomic E-state index is 5.68. The minimum atomic E-state index is 0.149. The highest BCUT2D eigenvalue weighted by Crippen LogP contribution is 2.29. The van der Waals surface area contributed by atoms with Gasteiger partial charge in [-0.3, -0.25) is 0 Å². The van der Waals surface area contributed by atoms with Crippen molar-refractivity contribution < 1.29 is 9.47 Å². The smallest absolute Gasteiger partial charge is 0.142 e. The highest BCUT2D eigenvalue weighted by molar-refractivity contribution is 5.68. The maximum atomic E-state index is 5.68. The van der Waals surface area contributed by atoms with Crippen LogP contribution in [0.2, 0.25) is 0 Å². The first-order valence-electron chi connectivity index (χ1n) is 9.24. The Kier molecular flexibility index (Phi) is 5.99. The molecule has 0 saturated carbocycles. The van der Waals surface area contributed by atoms with Gasteiger partial charge >= 0.3 is 0 Å². The minimum Gasteiger partial charge on any atom is -0.495 e. The van der Waals surface area contributed by atoms with Crippen LogP contribution in [0.15, 0.2) is 48.5 Å². The van der Waals surface area contributed by atoms with Crippen molar-refractivity contribution in [3.63, 3.8) is 0 Å². The summed E-state index contributed by atoms with van der Waals surface area (Å²) in [5, 5.41) is 6.64. The van der Waals surface area contributed by atoms with Crippen molar-refractivity contribution in [1.82, 2.24) is 9.97 Å². The van der Waals surface area contributed by atoms with E-state index in [1.54, 1.807) is 7.11 Å². The summed E-state index contributed by atoms with van der Waals surface area (Å²) in [6.07, 6.45) is 0.149. The average Bonchev–Trinajstić information content (AvgIpc) is 2.63. The molecule has 0 aliphatic rings. The summed E-state index contributed by atoms with van der Waals surface area (Å²) in [6, 6.07) is 15.6. The van der Waals surface area contributed by atoms with Crippen LogP contribution in [0.25, 0.3) is 0 Å². The summed E-state index contributed by atoms with van der Waals surface area (Å²) in [6.45, 7) is 7.92. The van der Waals surface area contributed by atoms with Crippen molar-refractivity contribution in [3.8, 4) is 11.5 Å². The minimum absolute atomic E-state index is 0.149. The molecule has 0 radical (unpaired) electrons. The van der Waals surface area contributed by atoms with Crippen molar-refractivity contribution in [3.05, 3.63) is 59.9 Å². The average molecular weight is 378 g/mol. The topological polar surface area (TPSA) is 68.3 Å². The van der Waals surface area contributed by atoms with Gasteiger partial charge in [-0.15, -0.1) is 0 Å². The maximum Gasteiger partial charge on any atom is 0.142 e. The lowest BCUT2D eigenvalue weighted by Crippen LogP contribution is -2.05. The molecule has 6 nitrogen and oxygen atoms in total. The van der Waals surface area contributed by atoms with Gasteiger partial charge in [0.25, 0.3) is 0 Å². The normalized spacial score (nSPS) is 10.6. The molecular formula is C22H26N4O2. The Bertz CT molecular complexity index is 940. The van der Waals surface area contributed by atoms with E-state index in [2.05, 4.69) is 20.6 Å². The van der Waals surface area contributed by atoms with Crippen LogP contribution in [-0.4, -0.2) is 23.2 Å². The molecule has 6 heteroatoms. The number of ether oxygens (including phenoxy) is 2. The zero-order valence-corrected chi connectivity index (χ0v) is 16.9. The zero-order valence-electron chi connectivity index (χ0n) is 16.9. The summed E-state index contributed by atoms with van der Waals surface area (Å²) >= 11 is 0. The van der Waals surface area contributed by atoms with Gasteiger partial charge in [0.15, 0.2) is 0 Å². The fourth-order valence-electron chi connectivity index (χ4n) is 2.79. The molecule has 0 bridgehead atoms. The van der Waals surface area contributed by atoms with Crippen LogP contribution in [0.4, 0.5) is 23.0 Å². The summed E-state index contributed by atoms with van der Waals surface area (Å²) in [5.41, 5.74) is 2.92. The fourth-order valence-corrected chi connectivity index (χ4v) is 2.79. The number of anilines is 4. The fraction of sp³-hybridized carbons (Fsp3) is 0.273. The number of rotatable bonds is 7. The standard InChI is InChI=1S/C22H26N4O2/c1-14(2)28-18-9-7-17(8-10-18)25-21-13-22(24-16(4)23-21)26-19-12-15(3)6-11-20(19)27-5/h6-14H,1-5H3,(H2,23,24,25,26). The lowest BCUT2D eigenvalue weighted by molar-refractivity contribution is 0.242. The van der Waals surface area contributed by atoms with Gasteiger partial charge in [-0.1, -0.05) is 6.07 Å². The summed E-state index contributed by atoms with van der Waals surface area (Å²) in [7, 11) is 1.65. The van der Waals surface area contributed by atoms with Crippen molar-refractivity contribution in [1.29, 1.82) is 0 Å². The number of aromatic nitrogens is 2. The molecule has 0 spiro atoms. The Morgan fingerprint density at radius 2 is 1.54 bits per heavy atom. The highest BCUT2D eigenvalue weighted by atomic mass is 16.5. The molecule has 1 heterocycles. The van der Waals surface area contributed by atoms with E-state index in [1.807, 2.05) is 76.2 Å². The molecule has 0 aliphatic heterocycles. The first kappa shape index (κ1) is 19.5. The Morgan fingerprint density at radius 1 is 0.857 bits per heavy atom. The van der Waals surface area contributed by atoms with E-state index in [-0.39, 0.29) is 6.10 Å². The van der Waals surface area contributed by atoms with Gasteiger partial charge in [-0.05, 0) is 69.7 Å². The number of methoxy groups -OCH3 is 1. The summed E-state index contributed by atoms with van der Waals surface area (Å²) in [4.78, 5) is 8.96. The van der Waals surface area contributed by atoms with Gasteiger partial charge < -0.3 is 20.1 Å². The molecule has 0 fully saturated rings. The molecule has 0 unspecified atom stereocenters. The lowest BCUT2D eigenvalue weighted by Gasteiger charge is -2.14. The predicted octanol–water partition coefficient (Wildman–Crippen LogP) is 5.38. The second kappa shape index (κ2) is 8.61. The molecule has 0 saturated heterocycles. The largest absolute Gasteiger partial charge is 0.495 e.